The van der Waals surface area contributed by atoms with E-state index in [2.05, 4.69) is 24.1 Å². The van der Waals surface area contributed by atoms with E-state index in [9.17, 15) is 0 Å². The Morgan fingerprint density at radius 1 is 1.39 bits per heavy atom. The highest BCUT2D eigenvalue weighted by Crippen LogP contribution is 2.41. The second-order valence-corrected chi connectivity index (χ2v) is 5.88. The van der Waals surface area contributed by atoms with E-state index in [0.717, 1.165) is 11.7 Å². The third-order valence-corrected chi connectivity index (χ3v) is 3.29. The zero-order chi connectivity index (χ0) is 13.3. The summed E-state index contributed by atoms with van der Waals surface area (Å²) in [6.45, 7) is 8.36. The molecule has 4 nitrogen and oxygen atoms in total. The quantitative estimate of drug-likeness (QED) is 0.842. The molecule has 1 aromatic heterocycles. The molecule has 0 bridgehead atoms. The number of nitrogens with one attached hydrogen (secondary N) is 1. The Morgan fingerprint density at radius 2 is 2.06 bits per heavy atom. The summed E-state index contributed by atoms with van der Waals surface area (Å²) >= 11 is 0. The van der Waals surface area contributed by atoms with Crippen molar-refractivity contribution in [2.75, 3.05) is 11.1 Å². The molecule has 2 rings (SSSR count). The van der Waals surface area contributed by atoms with E-state index in [4.69, 9.17) is 10.5 Å². The van der Waals surface area contributed by atoms with Crippen LogP contribution in [0.3, 0.4) is 0 Å². The molecule has 18 heavy (non-hydrogen) atoms. The first-order valence-electron chi connectivity index (χ1n) is 6.60. The van der Waals surface area contributed by atoms with Gasteiger partial charge in [-0.2, -0.15) is 4.98 Å². The highest BCUT2D eigenvalue weighted by Gasteiger charge is 2.37. The number of ether oxygens (including phenoxy) is 1. The van der Waals surface area contributed by atoms with Gasteiger partial charge in [-0.05, 0) is 58.6 Å². The molecule has 0 amide bonds. The van der Waals surface area contributed by atoms with Gasteiger partial charge in [-0.25, -0.2) is 0 Å². The molecule has 0 spiro atoms. The molecule has 1 aromatic rings. The van der Waals surface area contributed by atoms with E-state index in [1.165, 1.54) is 12.8 Å². The van der Waals surface area contributed by atoms with Crippen LogP contribution in [0.15, 0.2) is 12.1 Å². The van der Waals surface area contributed by atoms with Crippen molar-refractivity contribution >= 4 is 11.5 Å². The van der Waals surface area contributed by atoms with E-state index >= 15 is 0 Å². The third kappa shape index (κ3) is 3.06. The van der Waals surface area contributed by atoms with Gasteiger partial charge in [0.25, 0.3) is 0 Å². The van der Waals surface area contributed by atoms with Crippen LogP contribution in [0.4, 0.5) is 11.5 Å². The van der Waals surface area contributed by atoms with Gasteiger partial charge in [0.1, 0.15) is 5.82 Å². The normalized spacial score (nSPS) is 15.8. The largest absolute Gasteiger partial charge is 0.473 e. The van der Waals surface area contributed by atoms with Gasteiger partial charge in [0.05, 0.1) is 11.8 Å². The van der Waals surface area contributed by atoms with Crippen molar-refractivity contribution in [1.29, 1.82) is 0 Å². The number of nitrogen functional groups attached to an aromatic ring is 1. The van der Waals surface area contributed by atoms with Gasteiger partial charge in [-0.15, -0.1) is 0 Å². The zero-order valence-corrected chi connectivity index (χ0v) is 11.7. The number of aromatic nitrogens is 1. The van der Waals surface area contributed by atoms with E-state index < -0.39 is 0 Å². The molecule has 1 heterocycles. The van der Waals surface area contributed by atoms with Crippen LogP contribution in [0.1, 0.15) is 40.5 Å². The van der Waals surface area contributed by atoms with Crippen molar-refractivity contribution in [3.05, 3.63) is 12.1 Å². The molecular formula is C14H23N3O. The minimum Gasteiger partial charge on any atom is -0.473 e. The topological polar surface area (TPSA) is 60.2 Å². The lowest BCUT2D eigenvalue weighted by molar-refractivity contribution is 0.234. The highest BCUT2D eigenvalue weighted by molar-refractivity contribution is 5.54. The van der Waals surface area contributed by atoms with Gasteiger partial charge in [0.2, 0.25) is 5.88 Å². The van der Waals surface area contributed by atoms with E-state index in [1.54, 1.807) is 0 Å². The second-order valence-electron chi connectivity index (χ2n) is 5.88. The maximum absolute atomic E-state index is 5.86. The first-order valence-corrected chi connectivity index (χ1v) is 6.60. The Hall–Kier alpha value is -1.45. The van der Waals surface area contributed by atoms with Crippen molar-refractivity contribution in [2.24, 2.45) is 5.92 Å². The second kappa shape index (κ2) is 4.67. The summed E-state index contributed by atoms with van der Waals surface area (Å²) in [4.78, 5) is 4.45. The van der Waals surface area contributed by atoms with Crippen molar-refractivity contribution in [3.63, 3.8) is 0 Å². The SMILES string of the molecule is CC(C)Oc1nc(NC(C)(C)C2CC2)ccc1N. The summed E-state index contributed by atoms with van der Waals surface area (Å²) in [6.07, 6.45) is 2.67. The molecule has 1 saturated carbocycles. The highest BCUT2D eigenvalue weighted by atomic mass is 16.5. The third-order valence-electron chi connectivity index (χ3n) is 3.29. The molecule has 1 aliphatic carbocycles. The number of anilines is 2. The van der Waals surface area contributed by atoms with Crippen LogP contribution >= 0.6 is 0 Å². The molecule has 100 valence electrons. The lowest BCUT2D eigenvalue weighted by Gasteiger charge is -2.27. The van der Waals surface area contributed by atoms with Gasteiger partial charge >= 0.3 is 0 Å². The number of rotatable bonds is 5. The van der Waals surface area contributed by atoms with Crippen molar-refractivity contribution in [3.8, 4) is 5.88 Å². The van der Waals surface area contributed by atoms with Gasteiger partial charge in [-0.1, -0.05) is 0 Å². The summed E-state index contributed by atoms with van der Waals surface area (Å²) in [6, 6.07) is 3.75. The fourth-order valence-corrected chi connectivity index (χ4v) is 2.08. The minimum atomic E-state index is 0.0755. The van der Waals surface area contributed by atoms with Crippen LogP contribution in [-0.4, -0.2) is 16.6 Å². The Morgan fingerprint density at radius 3 is 2.61 bits per heavy atom. The summed E-state index contributed by atoms with van der Waals surface area (Å²) in [7, 11) is 0. The number of nitrogens with zero attached hydrogens (tertiary/aromatic N) is 1. The Kier molecular flexibility index (Phi) is 3.37. The van der Waals surface area contributed by atoms with Crippen molar-refractivity contribution in [2.45, 2.75) is 52.2 Å². The maximum Gasteiger partial charge on any atom is 0.239 e. The average Bonchev–Trinajstić information content (AvgIpc) is 3.05. The van der Waals surface area contributed by atoms with Crippen LogP contribution in [-0.2, 0) is 0 Å². The molecule has 3 N–H and O–H groups in total. The molecule has 0 aromatic carbocycles. The molecule has 1 fully saturated rings. The first-order chi connectivity index (χ1) is 8.38. The lowest BCUT2D eigenvalue weighted by Crippen LogP contribution is -2.33. The maximum atomic E-state index is 5.86. The molecule has 0 radical (unpaired) electrons. The van der Waals surface area contributed by atoms with Gasteiger partial charge in [0.15, 0.2) is 0 Å². The molecule has 0 unspecified atom stereocenters. The minimum absolute atomic E-state index is 0.0755. The molecule has 0 atom stereocenters. The Bertz CT molecular complexity index is 425. The fourth-order valence-electron chi connectivity index (χ4n) is 2.08. The van der Waals surface area contributed by atoms with Gasteiger partial charge in [-0.3, -0.25) is 0 Å². The number of hydrogen-bond donors (Lipinski definition) is 2. The molecular weight excluding hydrogens is 226 g/mol. The Labute approximate surface area is 109 Å². The monoisotopic (exact) mass is 249 g/mol. The predicted molar refractivity (Wildman–Crippen MR) is 74.8 cm³/mol. The van der Waals surface area contributed by atoms with Crippen molar-refractivity contribution in [1.82, 2.24) is 4.98 Å². The van der Waals surface area contributed by atoms with Crippen LogP contribution in [0.2, 0.25) is 0 Å². The van der Waals surface area contributed by atoms with Crippen molar-refractivity contribution < 1.29 is 4.74 Å². The number of pyridine rings is 1. The van der Waals surface area contributed by atoms with E-state index in [1.807, 2.05) is 26.0 Å². The van der Waals surface area contributed by atoms with Gasteiger partial charge < -0.3 is 15.8 Å². The standard InChI is InChI=1S/C14H23N3O/c1-9(2)18-13-11(15)7-8-12(16-13)17-14(3,4)10-5-6-10/h7-10H,5-6,15H2,1-4H3,(H,16,17). The Balaban J connectivity index is 2.13. The van der Waals surface area contributed by atoms with Crippen LogP contribution < -0.4 is 15.8 Å². The van der Waals surface area contributed by atoms with Gasteiger partial charge in [0, 0.05) is 5.54 Å². The average molecular weight is 249 g/mol. The summed E-state index contributed by atoms with van der Waals surface area (Å²) in [5.41, 5.74) is 6.52. The smallest absolute Gasteiger partial charge is 0.239 e. The van der Waals surface area contributed by atoms with E-state index in [0.29, 0.717) is 11.6 Å². The number of nitrogens with two attached hydrogens (primary N) is 1. The fraction of sp³-hybridized carbons (Fsp3) is 0.643. The summed E-state index contributed by atoms with van der Waals surface area (Å²) in [5, 5.41) is 3.47. The zero-order valence-electron chi connectivity index (χ0n) is 11.7. The summed E-state index contributed by atoms with van der Waals surface area (Å²) in [5.74, 6) is 2.09. The molecule has 4 heteroatoms. The summed E-state index contributed by atoms with van der Waals surface area (Å²) < 4.78 is 5.60. The number of hydrogen-bond acceptors (Lipinski definition) is 4. The van der Waals surface area contributed by atoms with Crippen LogP contribution in [0.25, 0.3) is 0 Å². The van der Waals surface area contributed by atoms with Crippen LogP contribution in [0, 0.1) is 5.92 Å². The van der Waals surface area contributed by atoms with Crippen LogP contribution in [0.5, 0.6) is 5.88 Å². The molecule has 0 saturated heterocycles. The predicted octanol–water partition coefficient (Wildman–Crippen LogP) is 3.05. The first kappa shape index (κ1) is 13.0. The van der Waals surface area contributed by atoms with E-state index in [-0.39, 0.29) is 11.6 Å². The lowest BCUT2D eigenvalue weighted by atomic mass is 9.99. The molecule has 1 aliphatic rings. The molecule has 0 aliphatic heterocycles.